The van der Waals surface area contributed by atoms with Gasteiger partial charge in [0.15, 0.2) is 0 Å². The number of para-hydroxylation sites is 1. The van der Waals surface area contributed by atoms with Gasteiger partial charge >= 0.3 is 0 Å². The molecular formula is C16H21N3O. The molecule has 1 saturated heterocycles. The lowest BCUT2D eigenvalue weighted by atomic mass is 10.0. The summed E-state index contributed by atoms with van der Waals surface area (Å²) in [5.74, 6) is 0. The molecule has 1 N–H and O–H groups in total. The number of hydrogen-bond donors (Lipinski definition) is 1. The van der Waals surface area contributed by atoms with Crippen LogP contribution in [0.3, 0.4) is 0 Å². The van der Waals surface area contributed by atoms with Crippen molar-refractivity contribution in [2.45, 2.75) is 31.4 Å². The van der Waals surface area contributed by atoms with Gasteiger partial charge in [0.2, 0.25) is 0 Å². The zero-order chi connectivity index (χ0) is 13.8. The first kappa shape index (κ1) is 13.3. The van der Waals surface area contributed by atoms with Crippen molar-refractivity contribution < 1.29 is 4.74 Å². The molecule has 1 aromatic carbocycles. The van der Waals surface area contributed by atoms with E-state index in [1.807, 2.05) is 36.1 Å². The molecule has 0 amide bonds. The Morgan fingerprint density at radius 1 is 1.35 bits per heavy atom. The van der Waals surface area contributed by atoms with Crippen LogP contribution in [-0.2, 0) is 4.74 Å². The Labute approximate surface area is 119 Å². The second-order valence-corrected chi connectivity index (χ2v) is 5.22. The van der Waals surface area contributed by atoms with Crippen LogP contribution in [0.4, 0.5) is 0 Å². The predicted octanol–water partition coefficient (Wildman–Crippen LogP) is 2.70. The zero-order valence-corrected chi connectivity index (χ0v) is 11.8. The SMILES string of the molecule is CNC(CC1CCCO1)c1ccnn1-c1ccccc1. The molecule has 1 aliphatic rings. The van der Waals surface area contributed by atoms with Crippen LogP contribution in [0.25, 0.3) is 5.69 Å². The summed E-state index contributed by atoms with van der Waals surface area (Å²) in [6.45, 7) is 0.902. The summed E-state index contributed by atoms with van der Waals surface area (Å²) in [7, 11) is 2.00. The summed E-state index contributed by atoms with van der Waals surface area (Å²) < 4.78 is 7.77. The van der Waals surface area contributed by atoms with Crippen molar-refractivity contribution in [2.75, 3.05) is 13.7 Å². The highest BCUT2D eigenvalue weighted by atomic mass is 16.5. The maximum atomic E-state index is 5.76. The summed E-state index contributed by atoms with van der Waals surface area (Å²) in [6.07, 6.45) is 5.57. The number of aromatic nitrogens is 2. The molecule has 0 saturated carbocycles. The molecule has 0 radical (unpaired) electrons. The van der Waals surface area contributed by atoms with Gasteiger partial charge in [0.05, 0.1) is 23.5 Å². The second kappa shape index (κ2) is 6.20. The standard InChI is InChI=1S/C16H21N3O/c1-17-15(12-14-8-5-11-20-14)16-9-10-18-19(16)13-6-3-2-4-7-13/h2-4,6-7,9-10,14-15,17H,5,8,11-12H2,1H3. The van der Waals surface area contributed by atoms with Crippen molar-refractivity contribution in [3.8, 4) is 5.69 Å². The van der Waals surface area contributed by atoms with E-state index in [-0.39, 0.29) is 6.04 Å². The van der Waals surface area contributed by atoms with Crippen LogP contribution in [-0.4, -0.2) is 29.5 Å². The van der Waals surface area contributed by atoms with Crippen molar-refractivity contribution in [2.24, 2.45) is 0 Å². The summed E-state index contributed by atoms with van der Waals surface area (Å²) >= 11 is 0. The van der Waals surface area contributed by atoms with Crippen LogP contribution in [0.2, 0.25) is 0 Å². The number of rotatable bonds is 5. The molecule has 4 nitrogen and oxygen atoms in total. The molecule has 3 rings (SSSR count). The summed E-state index contributed by atoms with van der Waals surface area (Å²) in [5.41, 5.74) is 2.29. The van der Waals surface area contributed by atoms with Crippen molar-refractivity contribution in [3.05, 3.63) is 48.3 Å². The fourth-order valence-electron chi connectivity index (χ4n) is 2.84. The normalized spacial score (nSPS) is 20.1. The van der Waals surface area contributed by atoms with Gasteiger partial charge in [0.25, 0.3) is 0 Å². The predicted molar refractivity (Wildman–Crippen MR) is 79.0 cm³/mol. The van der Waals surface area contributed by atoms with Crippen LogP contribution >= 0.6 is 0 Å². The van der Waals surface area contributed by atoms with Gasteiger partial charge in [0.1, 0.15) is 0 Å². The van der Waals surface area contributed by atoms with Crippen molar-refractivity contribution in [1.82, 2.24) is 15.1 Å². The molecule has 2 unspecified atom stereocenters. The minimum atomic E-state index is 0.265. The average molecular weight is 271 g/mol. The van der Waals surface area contributed by atoms with Gasteiger partial charge in [-0.2, -0.15) is 5.10 Å². The van der Waals surface area contributed by atoms with Gasteiger partial charge in [-0.25, -0.2) is 4.68 Å². The monoisotopic (exact) mass is 271 g/mol. The van der Waals surface area contributed by atoms with E-state index in [4.69, 9.17) is 4.74 Å². The Balaban J connectivity index is 1.83. The van der Waals surface area contributed by atoms with Crippen LogP contribution in [0.1, 0.15) is 31.0 Å². The van der Waals surface area contributed by atoms with E-state index in [1.54, 1.807) is 0 Å². The fourth-order valence-corrected chi connectivity index (χ4v) is 2.84. The first-order valence-corrected chi connectivity index (χ1v) is 7.26. The highest BCUT2D eigenvalue weighted by Crippen LogP contribution is 2.26. The van der Waals surface area contributed by atoms with Crippen LogP contribution < -0.4 is 5.32 Å². The third kappa shape index (κ3) is 2.76. The van der Waals surface area contributed by atoms with Crippen molar-refractivity contribution in [1.29, 1.82) is 0 Å². The molecule has 0 bridgehead atoms. The molecule has 1 fully saturated rings. The first-order chi connectivity index (χ1) is 9.88. The lowest BCUT2D eigenvalue weighted by Crippen LogP contribution is -2.24. The van der Waals surface area contributed by atoms with E-state index in [0.717, 1.165) is 25.1 Å². The number of ether oxygens (including phenoxy) is 1. The molecule has 1 aromatic heterocycles. The minimum Gasteiger partial charge on any atom is -0.378 e. The quantitative estimate of drug-likeness (QED) is 0.908. The molecular weight excluding hydrogens is 250 g/mol. The van der Waals surface area contributed by atoms with Crippen LogP contribution in [0.5, 0.6) is 0 Å². The number of nitrogens with one attached hydrogen (secondary N) is 1. The van der Waals surface area contributed by atoms with E-state index in [2.05, 4.69) is 28.6 Å². The van der Waals surface area contributed by atoms with E-state index in [9.17, 15) is 0 Å². The Morgan fingerprint density at radius 3 is 2.90 bits per heavy atom. The van der Waals surface area contributed by atoms with Crippen LogP contribution in [0, 0.1) is 0 Å². The van der Waals surface area contributed by atoms with Crippen molar-refractivity contribution >= 4 is 0 Å². The van der Waals surface area contributed by atoms with Gasteiger partial charge < -0.3 is 10.1 Å². The molecule has 4 heteroatoms. The highest BCUT2D eigenvalue weighted by Gasteiger charge is 2.23. The minimum absolute atomic E-state index is 0.265. The lowest BCUT2D eigenvalue weighted by molar-refractivity contribution is 0.0947. The third-order valence-electron chi connectivity index (χ3n) is 3.90. The van der Waals surface area contributed by atoms with Gasteiger partial charge in [-0.05, 0) is 44.5 Å². The Hall–Kier alpha value is -1.65. The first-order valence-electron chi connectivity index (χ1n) is 7.26. The molecule has 2 atom stereocenters. The molecule has 2 aromatic rings. The molecule has 106 valence electrons. The topological polar surface area (TPSA) is 39.1 Å². The number of benzene rings is 1. The zero-order valence-electron chi connectivity index (χ0n) is 11.8. The van der Waals surface area contributed by atoms with E-state index in [1.165, 1.54) is 12.1 Å². The Kier molecular flexibility index (Phi) is 4.14. The molecule has 20 heavy (non-hydrogen) atoms. The van der Waals surface area contributed by atoms with E-state index in [0.29, 0.717) is 6.10 Å². The third-order valence-corrected chi connectivity index (χ3v) is 3.90. The smallest absolute Gasteiger partial charge is 0.0649 e. The van der Waals surface area contributed by atoms with Crippen LogP contribution in [0.15, 0.2) is 42.6 Å². The summed E-state index contributed by atoms with van der Waals surface area (Å²) in [4.78, 5) is 0. The largest absolute Gasteiger partial charge is 0.378 e. The van der Waals surface area contributed by atoms with E-state index < -0.39 is 0 Å². The molecule has 2 heterocycles. The lowest BCUT2D eigenvalue weighted by Gasteiger charge is -2.21. The maximum Gasteiger partial charge on any atom is 0.0649 e. The van der Waals surface area contributed by atoms with Gasteiger partial charge in [-0.1, -0.05) is 18.2 Å². The Morgan fingerprint density at radius 2 is 2.20 bits per heavy atom. The summed E-state index contributed by atoms with van der Waals surface area (Å²) in [5, 5.41) is 7.87. The number of nitrogens with zero attached hydrogens (tertiary/aromatic N) is 2. The highest BCUT2D eigenvalue weighted by molar-refractivity contribution is 5.33. The number of hydrogen-bond acceptors (Lipinski definition) is 3. The van der Waals surface area contributed by atoms with Gasteiger partial charge in [0, 0.05) is 12.8 Å². The van der Waals surface area contributed by atoms with Gasteiger partial charge in [-0.15, -0.1) is 0 Å². The fraction of sp³-hybridized carbons (Fsp3) is 0.438. The second-order valence-electron chi connectivity index (χ2n) is 5.22. The maximum absolute atomic E-state index is 5.76. The molecule has 0 aliphatic carbocycles. The van der Waals surface area contributed by atoms with Gasteiger partial charge in [-0.3, -0.25) is 0 Å². The average Bonchev–Trinajstić information content (AvgIpc) is 3.17. The van der Waals surface area contributed by atoms with Crippen molar-refractivity contribution in [3.63, 3.8) is 0 Å². The van der Waals surface area contributed by atoms with E-state index >= 15 is 0 Å². The molecule has 1 aliphatic heterocycles. The molecule has 0 spiro atoms. The Bertz CT molecular complexity index is 532. The summed E-state index contributed by atoms with van der Waals surface area (Å²) in [6, 6.07) is 12.6.